The van der Waals surface area contributed by atoms with E-state index in [1.54, 1.807) is 35.2 Å². The van der Waals surface area contributed by atoms with Gasteiger partial charge in [-0.25, -0.2) is 9.18 Å². The van der Waals surface area contributed by atoms with Crippen molar-refractivity contribution in [2.75, 3.05) is 0 Å². The second-order valence-corrected chi connectivity index (χ2v) is 6.10. The topological polar surface area (TPSA) is 72.3 Å². The fraction of sp³-hybridized carbons (Fsp3) is 0.158. The van der Waals surface area contributed by atoms with E-state index in [0.29, 0.717) is 10.5 Å². The molecule has 2 aromatic carbocycles. The van der Waals surface area contributed by atoms with Crippen LogP contribution >= 0.6 is 12.2 Å². The summed E-state index contributed by atoms with van der Waals surface area (Å²) in [5.74, 6) is 0.192. The molecule has 0 saturated carbocycles. The Balaban J connectivity index is 1.68. The fourth-order valence-corrected chi connectivity index (χ4v) is 2.53. The van der Waals surface area contributed by atoms with Crippen molar-refractivity contribution in [1.29, 1.82) is 0 Å². The Bertz CT molecular complexity index is 1010. The minimum absolute atomic E-state index is 0.278. The Kier molecular flexibility index (Phi) is 5.87. The molecule has 0 amide bonds. The van der Waals surface area contributed by atoms with Gasteiger partial charge in [0.2, 0.25) is 4.77 Å². The molecule has 0 unspecified atom stereocenters. The van der Waals surface area contributed by atoms with E-state index in [1.165, 1.54) is 24.3 Å². The number of benzene rings is 2. The van der Waals surface area contributed by atoms with Crippen molar-refractivity contribution in [1.82, 2.24) is 14.9 Å². The fourth-order valence-electron chi connectivity index (χ4n) is 2.33. The second kappa shape index (κ2) is 8.50. The standard InChI is InChI=1S/C19H17FN4O2S/c1-2-3-17-22-23-19(27)24(17)21-12-13-4-10-16(11-5-13)26-18(25)14-6-8-15(20)9-7-14/h4-12H,2-3H2,1H3,(H,23,27)/b21-12+. The summed E-state index contributed by atoms with van der Waals surface area (Å²) >= 11 is 5.18. The van der Waals surface area contributed by atoms with Crippen LogP contribution in [0.3, 0.4) is 0 Å². The van der Waals surface area contributed by atoms with Gasteiger partial charge in [-0.05, 0) is 72.7 Å². The largest absolute Gasteiger partial charge is 0.423 e. The van der Waals surface area contributed by atoms with E-state index >= 15 is 0 Å². The molecule has 27 heavy (non-hydrogen) atoms. The molecule has 6 nitrogen and oxygen atoms in total. The maximum absolute atomic E-state index is 12.9. The number of carbonyl (C=O) groups is 1. The van der Waals surface area contributed by atoms with Gasteiger partial charge in [-0.15, -0.1) is 0 Å². The summed E-state index contributed by atoms with van der Waals surface area (Å²) < 4.78 is 20.2. The first kappa shape index (κ1) is 18.7. The predicted molar refractivity (Wildman–Crippen MR) is 102 cm³/mol. The number of aromatic amines is 1. The lowest BCUT2D eigenvalue weighted by Gasteiger charge is -2.04. The quantitative estimate of drug-likeness (QED) is 0.300. The first-order valence-electron chi connectivity index (χ1n) is 8.35. The number of aromatic nitrogens is 3. The number of hydrogen-bond acceptors (Lipinski definition) is 5. The normalized spacial score (nSPS) is 11.0. The predicted octanol–water partition coefficient (Wildman–Crippen LogP) is 4.13. The molecule has 0 bridgehead atoms. The maximum Gasteiger partial charge on any atom is 0.343 e. The summed E-state index contributed by atoms with van der Waals surface area (Å²) in [6.45, 7) is 2.05. The van der Waals surface area contributed by atoms with Gasteiger partial charge in [-0.3, -0.25) is 5.10 Å². The SMILES string of the molecule is CCCc1n[nH]c(=S)n1/N=C/c1ccc(OC(=O)c2ccc(F)cc2)cc1. The zero-order valence-electron chi connectivity index (χ0n) is 14.6. The Morgan fingerprint density at radius 1 is 1.26 bits per heavy atom. The van der Waals surface area contributed by atoms with Crippen molar-refractivity contribution in [3.05, 3.63) is 76.1 Å². The molecule has 8 heteroatoms. The molecule has 0 saturated heterocycles. The molecule has 0 atom stereocenters. The lowest BCUT2D eigenvalue weighted by Crippen LogP contribution is -2.08. The highest BCUT2D eigenvalue weighted by Gasteiger charge is 2.08. The van der Waals surface area contributed by atoms with Gasteiger partial charge in [0.15, 0.2) is 5.82 Å². The number of aryl methyl sites for hydroxylation is 1. The molecule has 1 aromatic heterocycles. The summed E-state index contributed by atoms with van der Waals surface area (Å²) in [6.07, 6.45) is 3.35. The van der Waals surface area contributed by atoms with Crippen LogP contribution in [0.5, 0.6) is 5.75 Å². The average Bonchev–Trinajstić information content (AvgIpc) is 3.01. The molecular formula is C19H17FN4O2S. The number of carbonyl (C=O) groups excluding carboxylic acids is 1. The first-order valence-corrected chi connectivity index (χ1v) is 8.76. The van der Waals surface area contributed by atoms with Gasteiger partial charge >= 0.3 is 5.97 Å². The third-order valence-electron chi connectivity index (χ3n) is 3.68. The van der Waals surface area contributed by atoms with Crippen LogP contribution in [-0.4, -0.2) is 27.1 Å². The van der Waals surface area contributed by atoms with Crippen LogP contribution < -0.4 is 4.74 Å². The molecular weight excluding hydrogens is 367 g/mol. The highest BCUT2D eigenvalue weighted by molar-refractivity contribution is 7.71. The first-order chi connectivity index (χ1) is 13.1. The van der Waals surface area contributed by atoms with E-state index in [4.69, 9.17) is 17.0 Å². The smallest absolute Gasteiger partial charge is 0.343 e. The van der Waals surface area contributed by atoms with Gasteiger partial charge < -0.3 is 4.74 Å². The number of nitrogens with one attached hydrogen (secondary N) is 1. The third-order valence-corrected chi connectivity index (χ3v) is 3.95. The Hall–Kier alpha value is -3.13. The van der Waals surface area contributed by atoms with E-state index in [-0.39, 0.29) is 5.56 Å². The molecule has 3 aromatic rings. The van der Waals surface area contributed by atoms with Crippen molar-refractivity contribution in [2.24, 2.45) is 5.10 Å². The Morgan fingerprint density at radius 3 is 2.63 bits per heavy atom. The molecule has 0 aliphatic rings. The van der Waals surface area contributed by atoms with Crippen LogP contribution in [0.1, 0.15) is 35.1 Å². The summed E-state index contributed by atoms with van der Waals surface area (Å²) in [6, 6.07) is 12.0. The van der Waals surface area contributed by atoms with Crippen LogP contribution in [0.25, 0.3) is 0 Å². The molecule has 3 rings (SSSR count). The number of hydrogen-bond donors (Lipinski definition) is 1. The number of H-pyrrole nitrogens is 1. The lowest BCUT2D eigenvalue weighted by molar-refractivity contribution is 0.0734. The van der Waals surface area contributed by atoms with Crippen molar-refractivity contribution >= 4 is 24.4 Å². The van der Waals surface area contributed by atoms with Gasteiger partial charge in [0, 0.05) is 6.42 Å². The summed E-state index contributed by atoms with van der Waals surface area (Å²) in [7, 11) is 0. The van der Waals surface area contributed by atoms with Crippen LogP contribution in [0.4, 0.5) is 4.39 Å². The van der Waals surface area contributed by atoms with E-state index in [1.807, 2.05) is 0 Å². The number of esters is 1. The highest BCUT2D eigenvalue weighted by atomic mass is 32.1. The molecule has 0 spiro atoms. The van der Waals surface area contributed by atoms with Crippen molar-refractivity contribution in [3.63, 3.8) is 0 Å². The molecule has 138 valence electrons. The maximum atomic E-state index is 12.9. The highest BCUT2D eigenvalue weighted by Crippen LogP contribution is 2.14. The molecule has 1 heterocycles. The van der Waals surface area contributed by atoms with Crippen molar-refractivity contribution in [2.45, 2.75) is 19.8 Å². The summed E-state index contributed by atoms with van der Waals surface area (Å²) in [5, 5.41) is 11.2. The van der Waals surface area contributed by atoms with Gasteiger partial charge in [0.1, 0.15) is 11.6 Å². The van der Waals surface area contributed by atoms with Gasteiger partial charge in [-0.1, -0.05) is 6.92 Å². The van der Waals surface area contributed by atoms with Gasteiger partial charge in [0.25, 0.3) is 0 Å². The number of nitrogens with zero attached hydrogens (tertiary/aromatic N) is 3. The van der Waals surface area contributed by atoms with E-state index in [2.05, 4.69) is 22.2 Å². The molecule has 1 N–H and O–H groups in total. The number of rotatable bonds is 6. The summed E-state index contributed by atoms with van der Waals surface area (Å²) in [5.41, 5.74) is 1.09. The number of halogens is 1. The van der Waals surface area contributed by atoms with Gasteiger partial charge in [0.05, 0.1) is 11.8 Å². The molecule has 0 aliphatic heterocycles. The zero-order valence-corrected chi connectivity index (χ0v) is 15.4. The van der Waals surface area contributed by atoms with Crippen LogP contribution in [0.15, 0.2) is 53.6 Å². The van der Waals surface area contributed by atoms with Crippen molar-refractivity contribution in [3.8, 4) is 5.75 Å². The zero-order chi connectivity index (χ0) is 19.2. The van der Waals surface area contributed by atoms with Crippen LogP contribution in [0.2, 0.25) is 0 Å². The molecule has 0 fully saturated rings. The van der Waals surface area contributed by atoms with Crippen LogP contribution in [-0.2, 0) is 6.42 Å². The van der Waals surface area contributed by atoms with Crippen molar-refractivity contribution < 1.29 is 13.9 Å². The van der Waals surface area contributed by atoms with E-state index in [0.717, 1.165) is 24.2 Å². The monoisotopic (exact) mass is 384 g/mol. The molecule has 0 aliphatic carbocycles. The Labute approximate surface area is 160 Å². The average molecular weight is 384 g/mol. The number of ether oxygens (including phenoxy) is 1. The lowest BCUT2D eigenvalue weighted by atomic mass is 10.2. The van der Waals surface area contributed by atoms with Gasteiger partial charge in [-0.2, -0.15) is 14.9 Å². The van der Waals surface area contributed by atoms with E-state index < -0.39 is 11.8 Å². The third kappa shape index (κ3) is 4.73. The Morgan fingerprint density at radius 2 is 1.96 bits per heavy atom. The minimum Gasteiger partial charge on any atom is -0.423 e. The summed E-state index contributed by atoms with van der Waals surface area (Å²) in [4.78, 5) is 12.0. The second-order valence-electron chi connectivity index (χ2n) is 5.72. The van der Waals surface area contributed by atoms with Crippen LogP contribution in [0, 0.1) is 10.6 Å². The molecule has 0 radical (unpaired) electrons. The van der Waals surface area contributed by atoms with E-state index in [9.17, 15) is 9.18 Å². The minimum atomic E-state index is -0.551.